The van der Waals surface area contributed by atoms with Crippen LogP contribution >= 0.6 is 0 Å². The molecule has 1 saturated heterocycles. The molecular formula is C19H21F2N3O3. The van der Waals surface area contributed by atoms with Crippen molar-refractivity contribution in [2.45, 2.75) is 19.3 Å². The molecule has 0 saturated carbocycles. The van der Waals surface area contributed by atoms with Crippen molar-refractivity contribution in [3.05, 3.63) is 48.2 Å². The van der Waals surface area contributed by atoms with Crippen LogP contribution in [0.3, 0.4) is 0 Å². The molecule has 144 valence electrons. The Bertz CT molecular complexity index is 766. The van der Waals surface area contributed by atoms with E-state index in [4.69, 9.17) is 9.84 Å². The number of carbonyl (C=O) groups is 1. The zero-order chi connectivity index (χ0) is 19.2. The van der Waals surface area contributed by atoms with E-state index >= 15 is 0 Å². The number of likely N-dealkylation sites (tertiary alicyclic amines) is 1. The summed E-state index contributed by atoms with van der Waals surface area (Å²) in [5.41, 5.74) is 0.497. The third-order valence-electron chi connectivity index (χ3n) is 4.39. The number of pyridine rings is 1. The number of aliphatic hydroxyl groups excluding tert-OH is 1. The number of carbonyl (C=O) groups excluding carboxylic acids is 1. The lowest BCUT2D eigenvalue weighted by Crippen LogP contribution is -2.33. The monoisotopic (exact) mass is 377 g/mol. The number of nitrogens with one attached hydrogen (secondary N) is 1. The van der Waals surface area contributed by atoms with E-state index in [9.17, 15) is 13.6 Å². The molecule has 2 aromatic rings. The molecule has 1 aliphatic heterocycles. The standard InChI is InChI=1S/C19H21F2N3O3/c20-14-8-15(21)10-17(9-14)27-18-4-3-16(11-22-18)23-19(26)24-6-5-13(12-24)2-1-7-25/h3-4,8-11,13,25H,1-2,5-7,12H2,(H,23,26). The first-order valence-electron chi connectivity index (χ1n) is 8.80. The molecule has 0 spiro atoms. The fourth-order valence-corrected chi connectivity index (χ4v) is 3.06. The maximum atomic E-state index is 13.2. The highest BCUT2D eigenvalue weighted by atomic mass is 19.1. The van der Waals surface area contributed by atoms with E-state index in [1.54, 1.807) is 11.0 Å². The highest BCUT2D eigenvalue weighted by Crippen LogP contribution is 2.24. The van der Waals surface area contributed by atoms with Gasteiger partial charge in [-0.2, -0.15) is 0 Å². The number of anilines is 1. The molecule has 27 heavy (non-hydrogen) atoms. The Morgan fingerprint density at radius 2 is 2.07 bits per heavy atom. The van der Waals surface area contributed by atoms with Gasteiger partial charge in [-0.15, -0.1) is 0 Å². The molecule has 1 aromatic heterocycles. The molecule has 1 aliphatic rings. The minimum absolute atomic E-state index is 0.00257. The van der Waals surface area contributed by atoms with Gasteiger partial charge in [-0.05, 0) is 31.2 Å². The highest BCUT2D eigenvalue weighted by molar-refractivity contribution is 5.89. The van der Waals surface area contributed by atoms with Crippen LogP contribution in [-0.4, -0.2) is 40.7 Å². The van der Waals surface area contributed by atoms with Crippen molar-refractivity contribution >= 4 is 11.7 Å². The normalized spacial score (nSPS) is 16.4. The van der Waals surface area contributed by atoms with Crippen molar-refractivity contribution in [3.8, 4) is 11.6 Å². The number of nitrogens with zero attached hydrogens (tertiary/aromatic N) is 2. The van der Waals surface area contributed by atoms with E-state index < -0.39 is 11.6 Å². The molecule has 6 nitrogen and oxygen atoms in total. The van der Waals surface area contributed by atoms with E-state index in [0.717, 1.165) is 37.5 Å². The Balaban J connectivity index is 1.54. The quantitative estimate of drug-likeness (QED) is 0.803. The van der Waals surface area contributed by atoms with Crippen molar-refractivity contribution in [3.63, 3.8) is 0 Å². The number of ether oxygens (including phenoxy) is 1. The number of urea groups is 1. The van der Waals surface area contributed by atoms with Crippen LogP contribution in [0.25, 0.3) is 0 Å². The zero-order valence-electron chi connectivity index (χ0n) is 14.7. The van der Waals surface area contributed by atoms with Gasteiger partial charge in [-0.3, -0.25) is 0 Å². The number of amides is 2. The molecule has 8 heteroatoms. The molecule has 0 aliphatic carbocycles. The van der Waals surface area contributed by atoms with E-state index in [-0.39, 0.29) is 24.3 Å². The van der Waals surface area contributed by atoms with Gasteiger partial charge in [-0.1, -0.05) is 0 Å². The smallest absolute Gasteiger partial charge is 0.321 e. The largest absolute Gasteiger partial charge is 0.439 e. The number of aliphatic hydroxyl groups is 1. The van der Waals surface area contributed by atoms with Crippen LogP contribution in [0.2, 0.25) is 0 Å². The van der Waals surface area contributed by atoms with Crippen LogP contribution in [0.15, 0.2) is 36.5 Å². The molecule has 1 aromatic carbocycles. The minimum Gasteiger partial charge on any atom is -0.439 e. The van der Waals surface area contributed by atoms with Crippen molar-refractivity contribution in [1.29, 1.82) is 0 Å². The summed E-state index contributed by atoms with van der Waals surface area (Å²) in [6, 6.07) is 5.78. The summed E-state index contributed by atoms with van der Waals surface area (Å²) in [6.07, 6.45) is 4.01. The first kappa shape index (κ1) is 19.0. The van der Waals surface area contributed by atoms with E-state index in [1.807, 2.05) is 0 Å². The second-order valence-corrected chi connectivity index (χ2v) is 6.49. The Labute approximate surface area is 155 Å². The summed E-state index contributed by atoms with van der Waals surface area (Å²) in [5, 5.41) is 11.7. The van der Waals surface area contributed by atoms with Gasteiger partial charge in [0.05, 0.1) is 11.9 Å². The molecule has 2 N–H and O–H groups in total. The highest BCUT2D eigenvalue weighted by Gasteiger charge is 2.25. The molecule has 1 atom stereocenters. The summed E-state index contributed by atoms with van der Waals surface area (Å²) in [6.45, 7) is 1.53. The van der Waals surface area contributed by atoms with Gasteiger partial charge in [0.15, 0.2) is 0 Å². The average molecular weight is 377 g/mol. The average Bonchev–Trinajstić information content (AvgIpc) is 3.10. The van der Waals surface area contributed by atoms with Gasteiger partial charge >= 0.3 is 6.03 Å². The number of benzene rings is 1. The van der Waals surface area contributed by atoms with E-state index in [1.165, 1.54) is 12.3 Å². The Hall–Kier alpha value is -2.74. The van der Waals surface area contributed by atoms with Gasteiger partial charge in [0, 0.05) is 44.0 Å². The zero-order valence-corrected chi connectivity index (χ0v) is 14.7. The first-order valence-corrected chi connectivity index (χ1v) is 8.80. The molecule has 3 rings (SSSR count). The maximum absolute atomic E-state index is 13.2. The molecule has 1 unspecified atom stereocenters. The molecular weight excluding hydrogens is 356 g/mol. The fraction of sp³-hybridized carbons (Fsp3) is 0.368. The van der Waals surface area contributed by atoms with Crippen molar-refractivity contribution in [2.24, 2.45) is 5.92 Å². The fourth-order valence-electron chi connectivity index (χ4n) is 3.06. The summed E-state index contributed by atoms with van der Waals surface area (Å²) < 4.78 is 31.7. The molecule has 0 bridgehead atoms. The number of aromatic nitrogens is 1. The lowest BCUT2D eigenvalue weighted by atomic mass is 10.0. The number of halogens is 2. The summed E-state index contributed by atoms with van der Waals surface area (Å²) in [7, 11) is 0. The van der Waals surface area contributed by atoms with Crippen molar-refractivity contribution in [2.75, 3.05) is 25.0 Å². The van der Waals surface area contributed by atoms with Gasteiger partial charge in [0.1, 0.15) is 17.4 Å². The third kappa shape index (κ3) is 5.37. The Morgan fingerprint density at radius 3 is 2.74 bits per heavy atom. The third-order valence-corrected chi connectivity index (χ3v) is 4.39. The number of hydrogen-bond acceptors (Lipinski definition) is 4. The van der Waals surface area contributed by atoms with Gasteiger partial charge in [0.25, 0.3) is 0 Å². The van der Waals surface area contributed by atoms with Crippen molar-refractivity contribution in [1.82, 2.24) is 9.88 Å². The number of hydrogen-bond donors (Lipinski definition) is 2. The van der Waals surface area contributed by atoms with Crippen LogP contribution in [0.4, 0.5) is 19.3 Å². The Morgan fingerprint density at radius 1 is 1.30 bits per heavy atom. The van der Waals surface area contributed by atoms with Crippen LogP contribution in [0, 0.1) is 17.6 Å². The summed E-state index contributed by atoms with van der Waals surface area (Å²) in [5.74, 6) is -0.900. The topological polar surface area (TPSA) is 74.7 Å². The van der Waals surface area contributed by atoms with Gasteiger partial charge in [0.2, 0.25) is 5.88 Å². The lowest BCUT2D eigenvalue weighted by Gasteiger charge is -2.17. The van der Waals surface area contributed by atoms with Crippen LogP contribution in [0.1, 0.15) is 19.3 Å². The predicted molar refractivity (Wildman–Crippen MR) is 95.7 cm³/mol. The molecule has 2 amide bonds. The minimum atomic E-state index is -0.739. The Kier molecular flexibility index (Phi) is 6.18. The first-order chi connectivity index (χ1) is 13.0. The summed E-state index contributed by atoms with van der Waals surface area (Å²) in [4.78, 5) is 18.1. The maximum Gasteiger partial charge on any atom is 0.321 e. The second kappa shape index (κ2) is 8.77. The lowest BCUT2D eigenvalue weighted by molar-refractivity contribution is 0.219. The van der Waals surface area contributed by atoms with E-state index in [2.05, 4.69) is 10.3 Å². The van der Waals surface area contributed by atoms with Gasteiger partial charge < -0.3 is 20.1 Å². The SMILES string of the molecule is O=C(Nc1ccc(Oc2cc(F)cc(F)c2)nc1)N1CCC(CCCO)C1. The van der Waals surface area contributed by atoms with E-state index in [0.29, 0.717) is 24.7 Å². The predicted octanol–water partition coefficient (Wildman–Crippen LogP) is 3.78. The van der Waals surface area contributed by atoms with Crippen molar-refractivity contribution < 1.29 is 23.4 Å². The second-order valence-electron chi connectivity index (χ2n) is 6.49. The van der Waals surface area contributed by atoms with Crippen LogP contribution < -0.4 is 10.1 Å². The molecule has 2 heterocycles. The molecule has 0 radical (unpaired) electrons. The summed E-state index contributed by atoms with van der Waals surface area (Å²) >= 11 is 0. The van der Waals surface area contributed by atoms with Crippen LogP contribution in [0.5, 0.6) is 11.6 Å². The number of rotatable bonds is 6. The van der Waals surface area contributed by atoms with Crippen LogP contribution in [-0.2, 0) is 0 Å². The van der Waals surface area contributed by atoms with Gasteiger partial charge in [-0.25, -0.2) is 18.6 Å². The molecule has 1 fully saturated rings.